The van der Waals surface area contributed by atoms with E-state index < -0.39 is 0 Å². The predicted molar refractivity (Wildman–Crippen MR) is 131 cm³/mol. The molecule has 0 bridgehead atoms. The second-order valence-corrected chi connectivity index (χ2v) is 8.44. The van der Waals surface area contributed by atoms with Gasteiger partial charge >= 0.3 is 0 Å². The maximum Gasteiger partial charge on any atom is 0.193 e. The smallest absolute Gasteiger partial charge is 0.193 e. The summed E-state index contributed by atoms with van der Waals surface area (Å²) in [6.45, 7) is 8.17. The molecule has 0 saturated heterocycles. The summed E-state index contributed by atoms with van der Waals surface area (Å²) in [5.41, 5.74) is 0.277. The van der Waals surface area contributed by atoms with E-state index in [0.717, 1.165) is 23.9 Å². The molecular formula is C24H33LiO6P. The van der Waals surface area contributed by atoms with E-state index in [9.17, 15) is 4.79 Å². The molecule has 1 radical (unpaired) electrons. The van der Waals surface area contributed by atoms with Crippen molar-refractivity contribution in [1.29, 1.82) is 0 Å². The Balaban J connectivity index is 0.00000512. The van der Waals surface area contributed by atoms with Crippen molar-refractivity contribution in [3.8, 4) is 28.7 Å². The molecule has 8 heteroatoms. The summed E-state index contributed by atoms with van der Waals surface area (Å²) in [5, 5.41) is 0.807. The van der Waals surface area contributed by atoms with Gasteiger partial charge in [-0.25, -0.2) is 0 Å². The molecule has 0 heterocycles. The molecule has 2 aromatic carbocycles. The van der Waals surface area contributed by atoms with Gasteiger partial charge in [0.15, 0.2) is 5.52 Å². The Morgan fingerprint density at radius 1 is 0.812 bits per heavy atom. The van der Waals surface area contributed by atoms with Crippen LogP contribution in [-0.2, 0) is 0 Å². The molecule has 0 aromatic heterocycles. The van der Waals surface area contributed by atoms with Crippen molar-refractivity contribution >= 4 is 38.3 Å². The van der Waals surface area contributed by atoms with E-state index >= 15 is 0 Å². The molecule has 0 aliphatic heterocycles. The molecule has 0 N–H and O–H groups in total. The van der Waals surface area contributed by atoms with Gasteiger partial charge in [-0.2, -0.15) is 0 Å². The molecule has 0 aliphatic carbocycles. The van der Waals surface area contributed by atoms with Crippen molar-refractivity contribution in [3.63, 3.8) is 0 Å². The Morgan fingerprint density at radius 2 is 1.34 bits per heavy atom. The summed E-state index contributed by atoms with van der Waals surface area (Å²) >= 11 is 0. The molecule has 171 valence electrons. The van der Waals surface area contributed by atoms with Crippen LogP contribution >= 0.6 is 8.58 Å². The van der Waals surface area contributed by atoms with Crippen molar-refractivity contribution in [2.45, 2.75) is 52.7 Å². The Labute approximate surface area is 205 Å². The molecule has 0 spiro atoms. The van der Waals surface area contributed by atoms with Crippen LogP contribution < -0.4 is 29.0 Å². The van der Waals surface area contributed by atoms with Crippen LogP contribution in [0.1, 0.15) is 50.9 Å². The van der Waals surface area contributed by atoms with E-state index in [1.54, 1.807) is 19.2 Å². The van der Waals surface area contributed by atoms with Gasteiger partial charge in [-0.05, 0) is 47.4 Å². The van der Waals surface area contributed by atoms with Gasteiger partial charge in [0, 0.05) is 42.4 Å². The van der Waals surface area contributed by atoms with Gasteiger partial charge in [0.2, 0.25) is 0 Å². The first-order valence-electron chi connectivity index (χ1n) is 10.4. The topological polar surface area (TPSA) is 63.2 Å². The summed E-state index contributed by atoms with van der Waals surface area (Å²) in [6.07, 6.45) is 1.87. The number of ether oxygens (including phenoxy) is 5. The molecule has 0 aliphatic rings. The van der Waals surface area contributed by atoms with Crippen LogP contribution in [0, 0.1) is 0 Å². The number of hydrogen-bond donors (Lipinski definition) is 0. The summed E-state index contributed by atoms with van der Waals surface area (Å²) in [4.78, 5) is 13.3. The molecule has 32 heavy (non-hydrogen) atoms. The van der Waals surface area contributed by atoms with E-state index in [0.29, 0.717) is 28.6 Å². The average molecular weight is 455 g/mol. The van der Waals surface area contributed by atoms with E-state index in [-0.39, 0.29) is 45.2 Å². The molecule has 2 aromatic rings. The summed E-state index contributed by atoms with van der Waals surface area (Å²) in [5.74, 6) is 2.77. The maximum atomic E-state index is 13.3. The number of methoxy groups -OCH3 is 3. The first-order chi connectivity index (χ1) is 14.9. The van der Waals surface area contributed by atoms with Crippen LogP contribution in [0.3, 0.4) is 0 Å². The van der Waals surface area contributed by atoms with Crippen molar-refractivity contribution in [2.24, 2.45) is 0 Å². The quantitative estimate of drug-likeness (QED) is 0.338. The third-order valence-electron chi connectivity index (χ3n) is 4.96. The van der Waals surface area contributed by atoms with Crippen LogP contribution in [0.15, 0.2) is 30.3 Å². The van der Waals surface area contributed by atoms with Crippen LogP contribution in [-0.4, -0.2) is 57.9 Å². The summed E-state index contributed by atoms with van der Waals surface area (Å²) < 4.78 is 28.3. The molecule has 0 amide bonds. The Bertz CT molecular complexity index is 864. The van der Waals surface area contributed by atoms with E-state index in [1.807, 2.05) is 32.0 Å². The van der Waals surface area contributed by atoms with Crippen molar-refractivity contribution in [3.05, 3.63) is 35.9 Å². The molecule has 3 unspecified atom stereocenters. The van der Waals surface area contributed by atoms with E-state index in [1.165, 1.54) is 14.2 Å². The van der Waals surface area contributed by atoms with Gasteiger partial charge in [0.25, 0.3) is 0 Å². The molecule has 2 rings (SSSR count). The summed E-state index contributed by atoms with van der Waals surface area (Å²) in [7, 11) is 4.42. The number of hydrogen-bond acceptors (Lipinski definition) is 6. The normalized spacial score (nSPS) is 12.6. The predicted octanol–water partition coefficient (Wildman–Crippen LogP) is 4.83. The average Bonchev–Trinajstić information content (AvgIpc) is 2.79. The third-order valence-corrected chi connectivity index (χ3v) is 6.12. The van der Waals surface area contributed by atoms with Crippen molar-refractivity contribution in [1.82, 2.24) is 0 Å². The fourth-order valence-corrected chi connectivity index (χ4v) is 3.84. The molecule has 6 nitrogen and oxygen atoms in total. The number of rotatable bonds is 12. The van der Waals surface area contributed by atoms with Gasteiger partial charge in [-0.15, -0.1) is 0 Å². The van der Waals surface area contributed by atoms with Crippen LogP contribution in [0.2, 0.25) is 0 Å². The zero-order valence-electron chi connectivity index (χ0n) is 20.4. The monoisotopic (exact) mass is 455 g/mol. The van der Waals surface area contributed by atoms with Crippen molar-refractivity contribution in [2.75, 3.05) is 21.3 Å². The zero-order chi connectivity index (χ0) is 23.0. The van der Waals surface area contributed by atoms with E-state index in [2.05, 4.69) is 13.8 Å². The molecule has 0 fully saturated rings. The Morgan fingerprint density at radius 3 is 1.84 bits per heavy atom. The first kappa shape index (κ1) is 28.2. The minimum Gasteiger partial charge on any atom is -0.496 e. The standard InChI is InChI=1S/C24H33O6P.Li/c1-8-15(3)29-17-10-11-22(19(12-17)30-16(4)9-2)31-24(25)23-20(27-6)13-18(26-5)14-21(23)28-7;/h10-16,31H,8-9H2,1-7H3;. The molecular weight excluding hydrogens is 422 g/mol. The largest absolute Gasteiger partial charge is 0.496 e. The SMILES string of the molecule is CCC(C)Oc1ccc(PC(=O)c2c(OC)cc(OC)cc2OC)c(OC(C)CC)c1.[Li]. The second kappa shape index (κ2) is 13.6. The van der Waals surface area contributed by atoms with Gasteiger partial charge in [0.05, 0.1) is 33.5 Å². The minimum absolute atomic E-state index is 0. The summed E-state index contributed by atoms with van der Waals surface area (Å²) in [6, 6.07) is 9.01. The Kier molecular flexibility index (Phi) is 12.0. The fourth-order valence-electron chi connectivity index (χ4n) is 2.81. The molecule has 3 atom stereocenters. The van der Waals surface area contributed by atoms with Crippen LogP contribution in [0.4, 0.5) is 0 Å². The second-order valence-electron chi connectivity index (χ2n) is 7.19. The zero-order valence-corrected chi connectivity index (χ0v) is 21.4. The fraction of sp³-hybridized carbons (Fsp3) is 0.458. The number of benzene rings is 2. The minimum atomic E-state index is -0.176. The third kappa shape index (κ3) is 7.34. The first-order valence-corrected chi connectivity index (χ1v) is 11.4. The van der Waals surface area contributed by atoms with Gasteiger partial charge < -0.3 is 23.7 Å². The van der Waals surface area contributed by atoms with E-state index in [4.69, 9.17) is 23.7 Å². The Hall–Kier alpha value is -1.86. The van der Waals surface area contributed by atoms with Crippen LogP contribution in [0.25, 0.3) is 0 Å². The van der Waals surface area contributed by atoms with Gasteiger partial charge in [-0.3, -0.25) is 4.79 Å². The maximum absolute atomic E-state index is 13.3. The van der Waals surface area contributed by atoms with Gasteiger partial charge in [-0.1, -0.05) is 13.8 Å². The molecule has 0 saturated carbocycles. The van der Waals surface area contributed by atoms with Gasteiger partial charge in [0.1, 0.15) is 34.3 Å². The number of carbonyl (C=O) groups excluding carboxylic acids is 1. The van der Waals surface area contributed by atoms with Crippen molar-refractivity contribution < 1.29 is 28.5 Å². The van der Waals surface area contributed by atoms with Crippen LogP contribution in [0.5, 0.6) is 28.7 Å². The number of carbonyl (C=O) groups is 1.